The van der Waals surface area contributed by atoms with Crippen LogP contribution in [0.25, 0.3) is 0 Å². The Morgan fingerprint density at radius 3 is 2.85 bits per heavy atom. The summed E-state index contributed by atoms with van der Waals surface area (Å²) in [5, 5.41) is 3.08. The normalized spacial score (nSPS) is 22.5. The number of hydrogen-bond acceptors (Lipinski definition) is 3. The fourth-order valence-corrected chi connectivity index (χ4v) is 3.39. The summed E-state index contributed by atoms with van der Waals surface area (Å²) in [5.41, 5.74) is 5.96. The third-order valence-electron chi connectivity index (χ3n) is 3.72. The summed E-state index contributed by atoms with van der Waals surface area (Å²) in [5.74, 6) is 0.486. The monoisotopic (exact) mass is 296 g/mol. The molecule has 0 bridgehead atoms. The molecule has 2 rings (SSSR count). The minimum atomic E-state index is -0.367. The number of anilines is 1. The summed E-state index contributed by atoms with van der Waals surface area (Å²) in [6, 6.07) is 4.64. The highest BCUT2D eigenvalue weighted by Crippen LogP contribution is 2.25. The van der Waals surface area contributed by atoms with E-state index in [4.69, 9.17) is 5.73 Å². The molecule has 20 heavy (non-hydrogen) atoms. The molecule has 1 saturated carbocycles. The van der Waals surface area contributed by atoms with E-state index in [-0.39, 0.29) is 17.8 Å². The molecule has 0 aliphatic heterocycles. The second-order valence-electron chi connectivity index (χ2n) is 5.44. The van der Waals surface area contributed by atoms with E-state index in [9.17, 15) is 9.18 Å². The van der Waals surface area contributed by atoms with Gasteiger partial charge in [-0.15, -0.1) is 11.8 Å². The average molecular weight is 296 g/mol. The van der Waals surface area contributed by atoms with E-state index in [1.807, 2.05) is 0 Å². The van der Waals surface area contributed by atoms with Gasteiger partial charge in [-0.25, -0.2) is 4.39 Å². The number of rotatable bonds is 4. The highest BCUT2D eigenvalue weighted by molar-refractivity contribution is 8.00. The molecule has 5 heteroatoms. The maximum absolute atomic E-state index is 13.2. The van der Waals surface area contributed by atoms with Crippen molar-refractivity contribution in [1.82, 2.24) is 5.32 Å². The largest absolute Gasteiger partial charge is 0.399 e. The van der Waals surface area contributed by atoms with Gasteiger partial charge in [0.15, 0.2) is 0 Å². The second kappa shape index (κ2) is 6.97. The van der Waals surface area contributed by atoms with Gasteiger partial charge < -0.3 is 11.1 Å². The third-order valence-corrected chi connectivity index (χ3v) is 4.70. The van der Waals surface area contributed by atoms with E-state index >= 15 is 0 Å². The van der Waals surface area contributed by atoms with Crippen LogP contribution in [0.15, 0.2) is 23.1 Å². The molecule has 3 nitrogen and oxygen atoms in total. The highest BCUT2D eigenvalue weighted by atomic mass is 32.2. The molecule has 0 aromatic heterocycles. The Labute approximate surface area is 123 Å². The Morgan fingerprint density at radius 2 is 2.15 bits per heavy atom. The second-order valence-corrected chi connectivity index (χ2v) is 6.49. The Balaban J connectivity index is 1.82. The van der Waals surface area contributed by atoms with Crippen molar-refractivity contribution < 1.29 is 9.18 Å². The molecule has 0 saturated heterocycles. The van der Waals surface area contributed by atoms with Crippen LogP contribution in [0.3, 0.4) is 0 Å². The van der Waals surface area contributed by atoms with Crippen molar-refractivity contribution in [3.63, 3.8) is 0 Å². The van der Waals surface area contributed by atoms with Crippen molar-refractivity contribution in [1.29, 1.82) is 0 Å². The van der Waals surface area contributed by atoms with Crippen LogP contribution >= 0.6 is 11.8 Å². The van der Waals surface area contributed by atoms with E-state index in [0.717, 1.165) is 6.42 Å². The van der Waals surface area contributed by atoms with E-state index < -0.39 is 0 Å². The van der Waals surface area contributed by atoms with Gasteiger partial charge in [-0.3, -0.25) is 4.79 Å². The van der Waals surface area contributed by atoms with Crippen LogP contribution in [-0.2, 0) is 4.79 Å². The fourth-order valence-electron chi connectivity index (χ4n) is 2.60. The van der Waals surface area contributed by atoms with Gasteiger partial charge in [-0.05, 0) is 37.0 Å². The van der Waals surface area contributed by atoms with Crippen LogP contribution in [0.4, 0.5) is 10.1 Å². The molecule has 1 aliphatic carbocycles. The average Bonchev–Trinajstić information content (AvgIpc) is 2.38. The van der Waals surface area contributed by atoms with Crippen molar-refractivity contribution in [2.75, 3.05) is 11.5 Å². The summed E-state index contributed by atoms with van der Waals surface area (Å²) >= 11 is 1.31. The number of nitrogens with two attached hydrogens (primary N) is 1. The van der Waals surface area contributed by atoms with E-state index in [1.54, 1.807) is 6.07 Å². The van der Waals surface area contributed by atoms with Crippen LogP contribution < -0.4 is 11.1 Å². The maximum Gasteiger partial charge on any atom is 0.230 e. The summed E-state index contributed by atoms with van der Waals surface area (Å²) in [6.07, 6.45) is 4.68. The molecular formula is C15H21FN2OS. The van der Waals surface area contributed by atoms with Crippen LogP contribution in [0, 0.1) is 11.7 Å². The lowest BCUT2D eigenvalue weighted by Gasteiger charge is -2.29. The number of thioether (sulfide) groups is 1. The number of benzene rings is 1. The smallest absolute Gasteiger partial charge is 0.230 e. The fraction of sp³-hybridized carbons (Fsp3) is 0.533. The molecule has 1 amide bonds. The van der Waals surface area contributed by atoms with Gasteiger partial charge in [0.05, 0.1) is 5.75 Å². The van der Waals surface area contributed by atoms with E-state index in [2.05, 4.69) is 12.2 Å². The Kier molecular flexibility index (Phi) is 5.29. The van der Waals surface area contributed by atoms with E-state index in [0.29, 0.717) is 22.3 Å². The number of carbonyl (C=O) groups excluding carboxylic acids is 1. The predicted molar refractivity (Wildman–Crippen MR) is 81.1 cm³/mol. The summed E-state index contributed by atoms with van der Waals surface area (Å²) in [4.78, 5) is 12.6. The van der Waals surface area contributed by atoms with Crippen molar-refractivity contribution in [2.45, 2.75) is 43.5 Å². The highest BCUT2D eigenvalue weighted by Gasteiger charge is 2.22. The lowest BCUT2D eigenvalue weighted by molar-refractivity contribution is -0.119. The van der Waals surface area contributed by atoms with Gasteiger partial charge in [-0.1, -0.05) is 19.8 Å². The lowest BCUT2D eigenvalue weighted by Crippen LogP contribution is -2.41. The number of nitrogen functional groups attached to an aromatic ring is 1. The molecule has 3 N–H and O–H groups in total. The molecule has 0 spiro atoms. The van der Waals surface area contributed by atoms with Crippen LogP contribution in [0.5, 0.6) is 0 Å². The van der Waals surface area contributed by atoms with Gasteiger partial charge in [0, 0.05) is 16.6 Å². The number of hydrogen-bond donors (Lipinski definition) is 2. The SMILES string of the molecule is CC1CCCCC1NC(=O)CSc1cc(N)cc(F)c1. The van der Waals surface area contributed by atoms with Crippen molar-refractivity contribution >= 4 is 23.4 Å². The van der Waals surface area contributed by atoms with Gasteiger partial charge >= 0.3 is 0 Å². The number of nitrogens with one attached hydrogen (secondary N) is 1. The zero-order valence-electron chi connectivity index (χ0n) is 11.7. The molecule has 2 atom stereocenters. The van der Waals surface area contributed by atoms with Crippen LogP contribution in [0.1, 0.15) is 32.6 Å². The first-order chi connectivity index (χ1) is 9.54. The first-order valence-corrected chi connectivity index (χ1v) is 8.01. The lowest BCUT2D eigenvalue weighted by atomic mass is 9.86. The van der Waals surface area contributed by atoms with Crippen molar-refractivity contribution in [2.24, 2.45) is 5.92 Å². The molecule has 2 unspecified atom stereocenters. The summed E-state index contributed by atoms with van der Waals surface area (Å²) < 4.78 is 13.2. The number of amides is 1. The van der Waals surface area contributed by atoms with Crippen LogP contribution in [0.2, 0.25) is 0 Å². The van der Waals surface area contributed by atoms with Gasteiger partial charge in [0.2, 0.25) is 5.91 Å². The Hall–Kier alpha value is -1.23. The van der Waals surface area contributed by atoms with E-state index in [1.165, 1.54) is 43.2 Å². The zero-order chi connectivity index (χ0) is 14.5. The minimum absolute atomic E-state index is 0.0107. The maximum atomic E-state index is 13.2. The number of carbonyl (C=O) groups is 1. The zero-order valence-corrected chi connectivity index (χ0v) is 12.5. The van der Waals surface area contributed by atoms with Crippen molar-refractivity contribution in [3.8, 4) is 0 Å². The standard InChI is InChI=1S/C15H21FN2OS/c1-10-4-2-3-5-14(10)18-15(19)9-20-13-7-11(16)6-12(17)8-13/h6-8,10,14H,2-5,9,17H2,1H3,(H,18,19). The molecule has 1 aromatic carbocycles. The predicted octanol–water partition coefficient (Wildman–Crippen LogP) is 3.19. The molecule has 0 radical (unpaired) electrons. The number of halogens is 1. The Bertz CT molecular complexity index is 461. The van der Waals surface area contributed by atoms with Crippen molar-refractivity contribution in [3.05, 3.63) is 24.0 Å². The molecule has 0 heterocycles. The molecule has 110 valence electrons. The molecule has 1 fully saturated rings. The third kappa shape index (κ3) is 4.40. The summed E-state index contributed by atoms with van der Waals surface area (Å²) in [7, 11) is 0. The Morgan fingerprint density at radius 1 is 1.40 bits per heavy atom. The van der Waals surface area contributed by atoms with Gasteiger partial charge in [0.25, 0.3) is 0 Å². The first-order valence-electron chi connectivity index (χ1n) is 7.03. The quantitative estimate of drug-likeness (QED) is 0.662. The molecule has 1 aliphatic rings. The first kappa shape index (κ1) is 15.2. The molecule has 1 aromatic rings. The van der Waals surface area contributed by atoms with Crippen LogP contribution in [-0.4, -0.2) is 17.7 Å². The molecular weight excluding hydrogens is 275 g/mol. The summed E-state index contributed by atoms with van der Waals surface area (Å²) in [6.45, 7) is 2.19. The minimum Gasteiger partial charge on any atom is -0.399 e. The van der Waals surface area contributed by atoms with Gasteiger partial charge in [0.1, 0.15) is 5.82 Å². The topological polar surface area (TPSA) is 55.1 Å². The van der Waals surface area contributed by atoms with Gasteiger partial charge in [-0.2, -0.15) is 0 Å².